The van der Waals surface area contributed by atoms with Crippen LogP contribution in [0.25, 0.3) is 0 Å². The van der Waals surface area contributed by atoms with Gasteiger partial charge in [-0.05, 0) is 18.9 Å². The highest BCUT2D eigenvalue weighted by Gasteiger charge is 2.15. The molecule has 2 unspecified atom stereocenters. The summed E-state index contributed by atoms with van der Waals surface area (Å²) in [5.41, 5.74) is 0.304. The lowest BCUT2D eigenvalue weighted by Crippen LogP contribution is -2.28. The lowest BCUT2D eigenvalue weighted by Gasteiger charge is -2.17. The van der Waals surface area contributed by atoms with Gasteiger partial charge in [-0.1, -0.05) is 32.8 Å². The van der Waals surface area contributed by atoms with Crippen molar-refractivity contribution in [3.05, 3.63) is 35.4 Å². The maximum Gasteiger partial charge on any atom is 0.220 e. The van der Waals surface area contributed by atoms with Crippen LogP contribution in [0.3, 0.4) is 0 Å². The first-order valence-corrected chi connectivity index (χ1v) is 6.68. The zero-order valence-corrected chi connectivity index (χ0v) is 11.7. The molecule has 1 rings (SSSR count). The molecule has 1 N–H and O–H groups in total. The summed E-state index contributed by atoms with van der Waals surface area (Å²) >= 11 is 0. The van der Waals surface area contributed by atoms with Crippen LogP contribution in [-0.4, -0.2) is 5.91 Å². The van der Waals surface area contributed by atoms with Crippen molar-refractivity contribution < 1.29 is 13.6 Å². The Kier molecular flexibility index (Phi) is 5.93. The molecule has 0 saturated carbocycles. The summed E-state index contributed by atoms with van der Waals surface area (Å²) in [6, 6.07) is 2.94. The van der Waals surface area contributed by atoms with E-state index in [2.05, 4.69) is 12.2 Å². The van der Waals surface area contributed by atoms with Crippen LogP contribution in [0.2, 0.25) is 0 Å². The number of amides is 1. The van der Waals surface area contributed by atoms with Crippen LogP contribution < -0.4 is 5.32 Å². The number of carbonyl (C=O) groups is 1. The van der Waals surface area contributed by atoms with Gasteiger partial charge in [0.15, 0.2) is 0 Å². The summed E-state index contributed by atoms with van der Waals surface area (Å²) in [6.45, 7) is 5.79. The fourth-order valence-corrected chi connectivity index (χ4v) is 2.14. The SMILES string of the molecule is CCCC(C)CC(=O)NC(C)c1ccc(F)cc1F. The van der Waals surface area contributed by atoms with Crippen molar-refractivity contribution in [3.8, 4) is 0 Å². The monoisotopic (exact) mass is 269 g/mol. The number of carbonyl (C=O) groups excluding carboxylic acids is 1. The molecule has 0 aliphatic rings. The molecule has 0 fully saturated rings. The average Bonchev–Trinajstić information content (AvgIpc) is 2.28. The molecule has 0 bridgehead atoms. The molecule has 1 amide bonds. The minimum Gasteiger partial charge on any atom is -0.349 e. The van der Waals surface area contributed by atoms with E-state index in [0.717, 1.165) is 18.9 Å². The highest BCUT2D eigenvalue weighted by atomic mass is 19.1. The third-order valence-corrected chi connectivity index (χ3v) is 3.12. The summed E-state index contributed by atoms with van der Waals surface area (Å²) < 4.78 is 26.3. The highest BCUT2D eigenvalue weighted by Crippen LogP contribution is 2.18. The van der Waals surface area contributed by atoms with Gasteiger partial charge >= 0.3 is 0 Å². The molecule has 1 aromatic rings. The number of nitrogens with one attached hydrogen (secondary N) is 1. The van der Waals surface area contributed by atoms with Gasteiger partial charge in [0, 0.05) is 18.1 Å². The predicted molar refractivity (Wildman–Crippen MR) is 71.6 cm³/mol. The summed E-state index contributed by atoms with van der Waals surface area (Å²) in [5.74, 6) is -1.03. The van der Waals surface area contributed by atoms with Gasteiger partial charge in [0.2, 0.25) is 5.91 Å². The number of benzene rings is 1. The quantitative estimate of drug-likeness (QED) is 0.832. The molecule has 0 heterocycles. The minimum absolute atomic E-state index is 0.0998. The minimum atomic E-state index is -0.630. The summed E-state index contributed by atoms with van der Waals surface area (Å²) in [7, 11) is 0. The molecule has 4 heteroatoms. The molecule has 0 radical (unpaired) electrons. The van der Waals surface area contributed by atoms with Crippen molar-refractivity contribution in [2.75, 3.05) is 0 Å². The van der Waals surface area contributed by atoms with E-state index < -0.39 is 17.7 Å². The van der Waals surface area contributed by atoms with Crippen LogP contribution in [0.4, 0.5) is 8.78 Å². The van der Waals surface area contributed by atoms with E-state index in [9.17, 15) is 13.6 Å². The van der Waals surface area contributed by atoms with Crippen molar-refractivity contribution >= 4 is 5.91 Å². The topological polar surface area (TPSA) is 29.1 Å². The van der Waals surface area contributed by atoms with Gasteiger partial charge in [0.25, 0.3) is 0 Å². The van der Waals surface area contributed by atoms with E-state index in [0.29, 0.717) is 17.9 Å². The van der Waals surface area contributed by atoms with Crippen molar-refractivity contribution in [2.45, 2.75) is 46.1 Å². The van der Waals surface area contributed by atoms with Gasteiger partial charge in [0.1, 0.15) is 11.6 Å². The van der Waals surface area contributed by atoms with Crippen LogP contribution in [-0.2, 0) is 4.79 Å². The number of hydrogen-bond acceptors (Lipinski definition) is 1. The van der Waals surface area contributed by atoms with Gasteiger partial charge in [-0.25, -0.2) is 8.78 Å². The Morgan fingerprint density at radius 1 is 1.32 bits per heavy atom. The molecule has 0 saturated heterocycles. The van der Waals surface area contributed by atoms with Crippen molar-refractivity contribution in [2.24, 2.45) is 5.92 Å². The second kappa shape index (κ2) is 7.22. The summed E-state index contributed by atoms with van der Waals surface area (Å²) in [6.07, 6.45) is 2.46. The molecule has 0 aromatic heterocycles. The van der Waals surface area contributed by atoms with Crippen molar-refractivity contribution in [1.82, 2.24) is 5.32 Å². The van der Waals surface area contributed by atoms with Crippen molar-refractivity contribution in [3.63, 3.8) is 0 Å². The second-order valence-corrected chi connectivity index (χ2v) is 5.05. The molecule has 2 atom stereocenters. The summed E-state index contributed by atoms with van der Waals surface area (Å²) in [5, 5.41) is 2.74. The molecule has 1 aromatic carbocycles. The standard InChI is InChI=1S/C15H21F2NO/c1-4-5-10(2)8-15(19)18-11(3)13-7-6-12(16)9-14(13)17/h6-7,9-11H,4-5,8H2,1-3H3,(H,18,19). The Bertz CT molecular complexity index is 434. The van der Waals surface area contributed by atoms with E-state index in [4.69, 9.17) is 0 Å². The normalized spacial score (nSPS) is 13.9. The average molecular weight is 269 g/mol. The number of halogens is 2. The lowest BCUT2D eigenvalue weighted by atomic mass is 10.0. The van der Waals surface area contributed by atoms with Gasteiger partial charge < -0.3 is 5.32 Å². The first-order chi connectivity index (χ1) is 8.93. The maximum absolute atomic E-state index is 13.5. The van der Waals surface area contributed by atoms with Gasteiger partial charge in [0.05, 0.1) is 6.04 Å². The Morgan fingerprint density at radius 2 is 2.00 bits per heavy atom. The first-order valence-electron chi connectivity index (χ1n) is 6.68. The molecule has 106 valence electrons. The zero-order valence-electron chi connectivity index (χ0n) is 11.7. The predicted octanol–water partition coefficient (Wildman–Crippen LogP) is 3.97. The van der Waals surface area contributed by atoms with Gasteiger partial charge in [-0.15, -0.1) is 0 Å². The third kappa shape index (κ3) is 4.97. The fourth-order valence-electron chi connectivity index (χ4n) is 2.14. The molecule has 19 heavy (non-hydrogen) atoms. The molecule has 0 aliphatic heterocycles. The van der Waals surface area contributed by atoms with E-state index in [1.807, 2.05) is 6.92 Å². The largest absolute Gasteiger partial charge is 0.349 e. The van der Waals surface area contributed by atoms with Crippen molar-refractivity contribution in [1.29, 1.82) is 0 Å². The molecule has 2 nitrogen and oxygen atoms in total. The highest BCUT2D eigenvalue weighted by molar-refractivity contribution is 5.76. The second-order valence-electron chi connectivity index (χ2n) is 5.05. The Morgan fingerprint density at radius 3 is 2.58 bits per heavy atom. The van der Waals surface area contributed by atoms with E-state index in [-0.39, 0.29) is 5.91 Å². The maximum atomic E-state index is 13.5. The molecular formula is C15H21F2NO. The Labute approximate surface area is 113 Å². The smallest absolute Gasteiger partial charge is 0.220 e. The lowest BCUT2D eigenvalue weighted by molar-refractivity contribution is -0.122. The molecular weight excluding hydrogens is 248 g/mol. The van der Waals surface area contributed by atoms with E-state index >= 15 is 0 Å². The number of rotatable bonds is 6. The van der Waals surface area contributed by atoms with Crippen LogP contribution in [0.1, 0.15) is 51.6 Å². The van der Waals surface area contributed by atoms with Crippen LogP contribution in [0.5, 0.6) is 0 Å². The van der Waals surface area contributed by atoms with Crippen LogP contribution in [0.15, 0.2) is 18.2 Å². The van der Waals surface area contributed by atoms with E-state index in [1.165, 1.54) is 12.1 Å². The van der Waals surface area contributed by atoms with Crippen LogP contribution >= 0.6 is 0 Å². The molecule has 0 spiro atoms. The Balaban J connectivity index is 2.59. The molecule has 0 aliphatic carbocycles. The first kappa shape index (κ1) is 15.6. The zero-order chi connectivity index (χ0) is 14.4. The fraction of sp³-hybridized carbons (Fsp3) is 0.533. The van der Waals surface area contributed by atoms with Crippen LogP contribution in [0, 0.1) is 17.6 Å². The Hall–Kier alpha value is -1.45. The van der Waals surface area contributed by atoms with Gasteiger partial charge in [-0.3, -0.25) is 4.79 Å². The van der Waals surface area contributed by atoms with Gasteiger partial charge in [-0.2, -0.15) is 0 Å². The third-order valence-electron chi connectivity index (χ3n) is 3.12. The van der Waals surface area contributed by atoms with E-state index in [1.54, 1.807) is 6.92 Å². The summed E-state index contributed by atoms with van der Waals surface area (Å²) in [4.78, 5) is 11.8. The number of hydrogen-bond donors (Lipinski definition) is 1.